The summed E-state index contributed by atoms with van der Waals surface area (Å²) < 4.78 is 0. The molecule has 0 amide bonds. The molecule has 0 saturated heterocycles. The molecule has 18 aromatic rings. The minimum Gasteiger partial charge on any atom is -0.310 e. The molecule has 8 aliphatic carbocycles. The van der Waals surface area contributed by atoms with E-state index in [1.165, 1.54) is 234 Å². The molecule has 2 spiro atoms. The van der Waals surface area contributed by atoms with Gasteiger partial charge >= 0.3 is 0 Å². The van der Waals surface area contributed by atoms with Crippen LogP contribution in [0.25, 0.3) is 111 Å². The summed E-state index contributed by atoms with van der Waals surface area (Å²) in [6, 6.07) is 147. The Morgan fingerprint density at radius 3 is 0.943 bits per heavy atom. The summed E-state index contributed by atoms with van der Waals surface area (Å²) in [4.78, 5) is 5.33. The van der Waals surface area contributed by atoms with E-state index in [2.05, 4.69) is 511 Å². The second-order valence-corrected chi connectivity index (χ2v) is 47.6. The molecule has 0 aliphatic heterocycles. The van der Waals surface area contributed by atoms with Crippen LogP contribution in [0.5, 0.6) is 0 Å². The van der Waals surface area contributed by atoms with Gasteiger partial charge in [0.1, 0.15) is 0 Å². The number of anilines is 6. The Morgan fingerprint density at radius 1 is 0.186 bits per heavy atom. The summed E-state index contributed by atoms with van der Waals surface area (Å²) in [5.74, 6) is 0. The quantitative estimate of drug-likeness (QED) is 0.135. The molecule has 2 heteroatoms. The number of para-hydroxylation sites is 2. The van der Waals surface area contributed by atoms with Crippen LogP contribution in [-0.2, 0) is 60.6 Å². The lowest BCUT2D eigenvalue weighted by molar-refractivity contribution is 0.582. The van der Waals surface area contributed by atoms with Crippen molar-refractivity contribution < 1.29 is 0 Å². The average Bonchev–Trinajstić information content (AvgIpc) is 1.50. The molecule has 2 nitrogen and oxygen atoms in total. The summed E-state index contributed by atoms with van der Waals surface area (Å²) >= 11 is 0. The zero-order valence-electron chi connectivity index (χ0n) is 84.3. The first-order valence-corrected chi connectivity index (χ1v) is 51.0. The number of hydrogen-bond donors (Lipinski definition) is 0. The highest BCUT2D eigenvalue weighted by Crippen LogP contribution is 2.69. The van der Waals surface area contributed by atoms with E-state index in [1.807, 2.05) is 0 Å². The van der Waals surface area contributed by atoms with Crippen molar-refractivity contribution in [3.8, 4) is 111 Å². The first-order chi connectivity index (χ1) is 67.1. The van der Waals surface area contributed by atoms with Crippen molar-refractivity contribution >= 4 is 34.1 Å². The van der Waals surface area contributed by atoms with Gasteiger partial charge in [-0.3, -0.25) is 0 Å². The SMILES string of the molecule is CC(C)(C)c1ccc2c(c1)C1(c3ccccc3-c3ccc(N(c4ccc5c(c4)-c4ccccc4C5(C)Cc4ccc5c(c4)-c4c(-c6ccccc6N(c6ccc7c(c6)C6(c8ccccc8-7)c7cc(C(C)(C)C)ccc7-c7ccc(C(C)(C)C)cc76)c6cccc7c6C(C)(C)c6ccccc6-7)cccc4C5(C)C)c4ccccc4-c4cccc5c4-c4ccccc4C5(C)C)cc31)c1cc(C(C)(C)C)ccc1-2. The second kappa shape index (κ2) is 29.3. The van der Waals surface area contributed by atoms with Crippen molar-refractivity contribution in [1.29, 1.82) is 0 Å². The highest BCUT2D eigenvalue weighted by Gasteiger charge is 2.56. The van der Waals surface area contributed by atoms with Crippen LogP contribution in [0.3, 0.4) is 0 Å². The van der Waals surface area contributed by atoms with Gasteiger partial charge in [-0.15, -0.1) is 0 Å². The van der Waals surface area contributed by atoms with Gasteiger partial charge in [0.2, 0.25) is 0 Å². The largest absolute Gasteiger partial charge is 0.310 e. The van der Waals surface area contributed by atoms with Crippen LogP contribution in [0.4, 0.5) is 34.1 Å². The van der Waals surface area contributed by atoms with Crippen LogP contribution < -0.4 is 9.80 Å². The van der Waals surface area contributed by atoms with E-state index >= 15 is 0 Å². The monoisotopic (exact) mass is 1800 g/mol. The predicted octanol–water partition coefficient (Wildman–Crippen LogP) is 36.3. The molecule has 0 bridgehead atoms. The van der Waals surface area contributed by atoms with E-state index in [4.69, 9.17) is 0 Å². The molecule has 18 aromatic carbocycles. The van der Waals surface area contributed by atoms with Gasteiger partial charge in [0.25, 0.3) is 0 Å². The average molecular weight is 1810 g/mol. The number of fused-ring (bicyclic) bond motifs is 32. The van der Waals surface area contributed by atoms with Gasteiger partial charge < -0.3 is 9.80 Å². The van der Waals surface area contributed by atoms with Gasteiger partial charge in [0.15, 0.2) is 0 Å². The fourth-order valence-corrected chi connectivity index (χ4v) is 27.6. The summed E-state index contributed by atoms with van der Waals surface area (Å²) in [5.41, 5.74) is 57.8. The van der Waals surface area contributed by atoms with Crippen LogP contribution in [-0.4, -0.2) is 0 Å². The molecule has 1 atom stereocenters. The third-order valence-corrected chi connectivity index (χ3v) is 34.6. The minimum atomic E-state index is -0.624. The standard InChI is InChI=1S/C138H120N2/c1-129(2,3)83-58-65-94-95-66-59-84(130(4,5)6)75-118(95)137(117(94)74-83)113-50-30-22-37-90(113)98-69-62-88(79-121(98)137)139(123-54-32-25-41-100(123)102-44-34-52-115-126(102)105-43-24-28-48-109(105)133(115,13)14)87-64-72-112-106(78-87)93-40-21-29-49-111(93)136(112,19)81-82-57-71-110-107(73-82)127-103(45-35-53-116(127)134(110,15)16)101-42-26-33-55-124(101)140(125-56-36-46-104-92-39-20-27-47-108(92)135(17,18)128(104)125)89-63-70-99-91-38-23-31-51-114(91)138(122(99)80-89)119-76-85(131(7,8)9)60-67-96(119)97-68-61-86(77-120(97)138)132(10,11)12/h20-80H,81H2,1-19H3. The molecule has 0 saturated carbocycles. The number of nitrogens with zero attached hydrogens (tertiary/aromatic N) is 2. The van der Waals surface area contributed by atoms with Crippen LogP contribution in [0.15, 0.2) is 370 Å². The Labute approximate surface area is 828 Å². The minimum absolute atomic E-state index is 0.0907. The molecule has 0 radical (unpaired) electrons. The fourth-order valence-electron chi connectivity index (χ4n) is 27.6. The van der Waals surface area contributed by atoms with Crippen LogP contribution in [0.1, 0.15) is 248 Å². The van der Waals surface area contributed by atoms with Crippen molar-refractivity contribution in [1.82, 2.24) is 0 Å². The highest BCUT2D eigenvalue weighted by atomic mass is 15.2. The summed E-state index contributed by atoms with van der Waals surface area (Å²) in [7, 11) is 0. The van der Waals surface area contributed by atoms with Crippen molar-refractivity contribution in [2.45, 2.75) is 192 Å². The Kier molecular flexibility index (Phi) is 18.0. The van der Waals surface area contributed by atoms with E-state index in [9.17, 15) is 0 Å². The lowest BCUT2D eigenvalue weighted by Gasteiger charge is -2.35. The smallest absolute Gasteiger partial charge is 0.0726 e. The molecular weight excluding hydrogens is 1690 g/mol. The molecular formula is C138H120N2. The molecule has 682 valence electrons. The molecule has 8 aliphatic rings. The van der Waals surface area contributed by atoms with Crippen molar-refractivity contribution in [3.05, 3.63) is 487 Å². The van der Waals surface area contributed by atoms with E-state index in [-0.39, 0.29) is 37.9 Å². The topological polar surface area (TPSA) is 6.48 Å². The third-order valence-electron chi connectivity index (χ3n) is 34.6. The maximum absolute atomic E-state index is 2.69. The Morgan fingerprint density at radius 2 is 0.479 bits per heavy atom. The van der Waals surface area contributed by atoms with Crippen molar-refractivity contribution in [2.24, 2.45) is 0 Å². The van der Waals surface area contributed by atoms with Crippen LogP contribution in [0, 0.1) is 0 Å². The number of hydrogen-bond acceptors (Lipinski definition) is 2. The normalized spacial score (nSPS) is 16.4. The molecule has 0 N–H and O–H groups in total. The van der Waals surface area contributed by atoms with Crippen molar-refractivity contribution in [3.63, 3.8) is 0 Å². The van der Waals surface area contributed by atoms with Crippen molar-refractivity contribution in [2.75, 3.05) is 9.80 Å². The first-order valence-electron chi connectivity index (χ1n) is 51.0. The van der Waals surface area contributed by atoms with Gasteiger partial charge in [-0.25, -0.2) is 0 Å². The van der Waals surface area contributed by atoms with E-state index in [1.54, 1.807) is 0 Å². The highest BCUT2D eigenvalue weighted by molar-refractivity contribution is 6.06. The van der Waals surface area contributed by atoms with E-state index < -0.39 is 16.2 Å². The zero-order chi connectivity index (χ0) is 96.1. The van der Waals surface area contributed by atoms with Gasteiger partial charge in [-0.1, -0.05) is 447 Å². The van der Waals surface area contributed by atoms with Gasteiger partial charge in [-0.05, 0) is 300 Å². The Hall–Kier alpha value is -14.4. The lowest BCUT2D eigenvalue weighted by Crippen LogP contribution is -2.28. The number of rotatable bonds is 10. The van der Waals surface area contributed by atoms with Crippen LogP contribution in [0.2, 0.25) is 0 Å². The van der Waals surface area contributed by atoms with Gasteiger partial charge in [-0.2, -0.15) is 0 Å². The summed E-state index contributed by atoms with van der Waals surface area (Å²) in [5, 5.41) is 0. The first kappa shape index (κ1) is 85.9. The number of benzene rings is 18. The molecule has 1 unspecified atom stereocenters. The maximum atomic E-state index is 2.69. The lowest BCUT2D eigenvalue weighted by atomic mass is 9.68. The fraction of sp³-hybridized carbons (Fsp3) is 0.217. The zero-order valence-corrected chi connectivity index (χ0v) is 84.3. The maximum Gasteiger partial charge on any atom is 0.0726 e. The summed E-state index contributed by atoms with van der Waals surface area (Å²) in [6.45, 7) is 45.7. The molecule has 0 fully saturated rings. The van der Waals surface area contributed by atoms with E-state index in [0.717, 1.165) is 34.9 Å². The Balaban J connectivity index is 0.640. The molecule has 0 heterocycles. The molecule has 0 aromatic heterocycles. The third kappa shape index (κ3) is 11.7. The second-order valence-electron chi connectivity index (χ2n) is 47.6. The molecule has 26 rings (SSSR count). The van der Waals surface area contributed by atoms with Gasteiger partial charge in [0.05, 0.1) is 27.9 Å². The van der Waals surface area contributed by atoms with Gasteiger partial charge in [0, 0.05) is 49.8 Å². The predicted molar refractivity (Wildman–Crippen MR) is 589 cm³/mol. The van der Waals surface area contributed by atoms with E-state index in [0.29, 0.717) is 0 Å². The van der Waals surface area contributed by atoms with Crippen LogP contribution >= 0.6 is 0 Å². The Bertz CT molecular complexity index is 8310. The molecule has 140 heavy (non-hydrogen) atoms. The summed E-state index contributed by atoms with van der Waals surface area (Å²) in [6.07, 6.45) is 0.782.